The maximum atomic E-state index is 6.08. The number of ether oxygens (including phenoxy) is 2. The number of aromatic nitrogens is 3. The maximum Gasteiger partial charge on any atom is 0.223 e. The number of rotatable bonds is 2. The van der Waals surface area contributed by atoms with Gasteiger partial charge in [0.1, 0.15) is 11.5 Å². The van der Waals surface area contributed by atoms with Crippen LogP contribution in [0.5, 0.6) is 11.5 Å². The summed E-state index contributed by atoms with van der Waals surface area (Å²) in [4.78, 5) is 11.5. The lowest BCUT2D eigenvalue weighted by molar-refractivity contribution is 0.356. The largest absolute Gasteiger partial charge is 0.493 e. The van der Waals surface area contributed by atoms with Gasteiger partial charge in [-0.25, -0.2) is 0 Å². The minimum Gasteiger partial charge on any atom is -0.493 e. The number of H-pyrrole nitrogens is 1. The van der Waals surface area contributed by atoms with E-state index < -0.39 is 0 Å². The summed E-state index contributed by atoms with van der Waals surface area (Å²) in [7, 11) is 3.22. The van der Waals surface area contributed by atoms with Gasteiger partial charge in [-0.2, -0.15) is 9.97 Å². The number of hydrogen-bond donors (Lipinski definition) is 3. The minimum absolute atomic E-state index is 0.144. The number of methoxy groups -OCH3 is 2. The minimum atomic E-state index is 0.144. The molecule has 7 heteroatoms. The van der Waals surface area contributed by atoms with Gasteiger partial charge in [-0.1, -0.05) is 6.07 Å². The number of nitrogens with zero attached hydrogens (tertiary/aromatic N) is 2. The third-order valence-corrected chi connectivity index (χ3v) is 3.98. The quantitative estimate of drug-likeness (QED) is 0.524. The summed E-state index contributed by atoms with van der Waals surface area (Å²) in [6.45, 7) is 0. The predicted octanol–water partition coefficient (Wildman–Crippen LogP) is 2.45. The maximum absolute atomic E-state index is 6.08. The van der Waals surface area contributed by atoms with Crippen molar-refractivity contribution in [2.75, 3.05) is 25.7 Å². The first-order chi connectivity index (χ1) is 11.1. The number of benzene rings is 2. The Balaban J connectivity index is 2.23. The smallest absolute Gasteiger partial charge is 0.223 e. The van der Waals surface area contributed by atoms with Crippen molar-refractivity contribution in [1.29, 1.82) is 0 Å². The zero-order valence-corrected chi connectivity index (χ0v) is 12.7. The second-order valence-corrected chi connectivity index (χ2v) is 5.23. The molecule has 4 aromatic rings. The van der Waals surface area contributed by atoms with Crippen molar-refractivity contribution in [3.05, 3.63) is 24.3 Å². The van der Waals surface area contributed by atoms with Crippen LogP contribution in [0, 0.1) is 0 Å². The van der Waals surface area contributed by atoms with Gasteiger partial charge in [0.2, 0.25) is 5.95 Å². The molecule has 0 fully saturated rings. The molecule has 0 aliphatic heterocycles. The Kier molecular flexibility index (Phi) is 2.71. The molecule has 0 radical (unpaired) electrons. The first kappa shape index (κ1) is 13.4. The molecule has 23 heavy (non-hydrogen) atoms. The zero-order chi connectivity index (χ0) is 16.1. The summed E-state index contributed by atoms with van der Waals surface area (Å²) in [5.41, 5.74) is 13.3. The van der Waals surface area contributed by atoms with Crippen LogP contribution in [-0.2, 0) is 0 Å². The van der Waals surface area contributed by atoms with E-state index in [2.05, 4.69) is 15.0 Å². The highest BCUT2D eigenvalue weighted by molar-refractivity contribution is 6.22. The van der Waals surface area contributed by atoms with E-state index >= 15 is 0 Å². The van der Waals surface area contributed by atoms with Gasteiger partial charge in [0, 0.05) is 10.9 Å². The Bertz CT molecular complexity index is 1070. The molecular weight excluding hydrogens is 294 g/mol. The molecule has 7 nitrogen and oxygen atoms in total. The van der Waals surface area contributed by atoms with Gasteiger partial charge < -0.3 is 25.9 Å². The third-order valence-electron chi connectivity index (χ3n) is 3.98. The summed E-state index contributed by atoms with van der Waals surface area (Å²) in [5, 5.41) is 3.68. The van der Waals surface area contributed by atoms with Crippen LogP contribution >= 0.6 is 0 Å². The lowest BCUT2D eigenvalue weighted by atomic mass is 10.0. The van der Waals surface area contributed by atoms with Crippen molar-refractivity contribution in [3.8, 4) is 11.5 Å². The van der Waals surface area contributed by atoms with Crippen LogP contribution < -0.4 is 20.9 Å². The molecule has 0 unspecified atom stereocenters. The summed E-state index contributed by atoms with van der Waals surface area (Å²) < 4.78 is 10.8. The van der Waals surface area contributed by atoms with Crippen LogP contribution in [-0.4, -0.2) is 29.2 Å². The average Bonchev–Trinajstić information content (AvgIpc) is 2.92. The molecular formula is C16H15N5O2. The van der Waals surface area contributed by atoms with E-state index in [9.17, 15) is 0 Å². The molecule has 2 heterocycles. The second-order valence-electron chi connectivity index (χ2n) is 5.23. The van der Waals surface area contributed by atoms with Gasteiger partial charge in [-0.15, -0.1) is 0 Å². The van der Waals surface area contributed by atoms with Crippen LogP contribution in [0.2, 0.25) is 0 Å². The lowest BCUT2D eigenvalue weighted by Crippen LogP contribution is -1.99. The number of nitrogen functional groups attached to an aromatic ring is 2. The molecule has 0 aliphatic carbocycles. The Morgan fingerprint density at radius 1 is 0.957 bits per heavy atom. The SMILES string of the molecule is COc1cc2ccc3[nH]c4nc(N)nc(N)c4c3c2cc1OC. The first-order valence-corrected chi connectivity index (χ1v) is 7.01. The van der Waals surface area contributed by atoms with Crippen molar-refractivity contribution >= 4 is 44.5 Å². The van der Waals surface area contributed by atoms with E-state index in [0.29, 0.717) is 23.0 Å². The number of fused-ring (bicyclic) bond motifs is 5. The Hall–Kier alpha value is -3.22. The Morgan fingerprint density at radius 3 is 2.43 bits per heavy atom. The summed E-state index contributed by atoms with van der Waals surface area (Å²) in [6.07, 6.45) is 0. The fourth-order valence-corrected chi connectivity index (χ4v) is 2.98. The number of nitrogens with two attached hydrogens (primary N) is 2. The third kappa shape index (κ3) is 1.83. The fraction of sp³-hybridized carbons (Fsp3) is 0.125. The van der Waals surface area contributed by atoms with Gasteiger partial charge in [-0.05, 0) is 29.0 Å². The molecule has 116 valence electrons. The normalized spacial score (nSPS) is 11.4. The van der Waals surface area contributed by atoms with Crippen LogP contribution in [0.15, 0.2) is 24.3 Å². The van der Waals surface area contributed by atoms with Crippen LogP contribution in [0.3, 0.4) is 0 Å². The van der Waals surface area contributed by atoms with Gasteiger partial charge >= 0.3 is 0 Å². The number of anilines is 2. The highest BCUT2D eigenvalue weighted by atomic mass is 16.5. The van der Waals surface area contributed by atoms with E-state index in [1.165, 1.54) is 0 Å². The standard InChI is InChI=1S/C16H15N5O2/c1-22-10-5-7-3-4-9-12(8(7)6-11(10)23-2)13-14(17)20-16(18)21-15(13)19-9/h3-6H,1-2H3,(H5,17,18,19,20,21). The Morgan fingerprint density at radius 2 is 1.70 bits per heavy atom. The molecule has 2 aromatic carbocycles. The predicted molar refractivity (Wildman–Crippen MR) is 90.8 cm³/mol. The fourth-order valence-electron chi connectivity index (χ4n) is 2.98. The number of hydrogen-bond acceptors (Lipinski definition) is 6. The van der Waals surface area contributed by atoms with Crippen molar-refractivity contribution in [1.82, 2.24) is 15.0 Å². The lowest BCUT2D eigenvalue weighted by Gasteiger charge is -2.10. The summed E-state index contributed by atoms with van der Waals surface area (Å²) >= 11 is 0. The average molecular weight is 309 g/mol. The molecule has 0 aliphatic rings. The molecule has 5 N–H and O–H groups in total. The first-order valence-electron chi connectivity index (χ1n) is 7.01. The molecule has 0 atom stereocenters. The number of aromatic amines is 1. The van der Waals surface area contributed by atoms with Crippen molar-refractivity contribution < 1.29 is 9.47 Å². The zero-order valence-electron chi connectivity index (χ0n) is 12.7. The molecule has 2 aromatic heterocycles. The molecule has 0 amide bonds. The van der Waals surface area contributed by atoms with Crippen molar-refractivity contribution in [2.24, 2.45) is 0 Å². The highest BCUT2D eigenvalue weighted by Crippen LogP contribution is 2.39. The Labute approximate surface area is 131 Å². The topological polar surface area (TPSA) is 112 Å². The molecule has 0 spiro atoms. The van der Waals surface area contributed by atoms with E-state index in [0.717, 1.165) is 27.1 Å². The molecule has 0 bridgehead atoms. The van der Waals surface area contributed by atoms with E-state index in [1.54, 1.807) is 14.2 Å². The van der Waals surface area contributed by atoms with E-state index in [4.69, 9.17) is 20.9 Å². The molecule has 0 saturated carbocycles. The number of nitrogens with one attached hydrogen (secondary N) is 1. The second kappa shape index (κ2) is 4.64. The van der Waals surface area contributed by atoms with Crippen LogP contribution in [0.4, 0.5) is 11.8 Å². The molecule has 4 rings (SSSR count). The van der Waals surface area contributed by atoms with Gasteiger partial charge in [-0.3, -0.25) is 0 Å². The van der Waals surface area contributed by atoms with Crippen molar-refractivity contribution in [2.45, 2.75) is 0 Å². The highest BCUT2D eigenvalue weighted by Gasteiger charge is 2.15. The van der Waals surface area contributed by atoms with Gasteiger partial charge in [0.05, 0.1) is 19.6 Å². The van der Waals surface area contributed by atoms with Crippen LogP contribution in [0.25, 0.3) is 32.7 Å². The monoisotopic (exact) mass is 309 g/mol. The van der Waals surface area contributed by atoms with E-state index in [-0.39, 0.29) is 5.95 Å². The van der Waals surface area contributed by atoms with Gasteiger partial charge in [0.25, 0.3) is 0 Å². The summed E-state index contributed by atoms with van der Waals surface area (Å²) in [5.74, 6) is 1.82. The summed E-state index contributed by atoms with van der Waals surface area (Å²) in [6, 6.07) is 7.84. The van der Waals surface area contributed by atoms with Crippen molar-refractivity contribution in [3.63, 3.8) is 0 Å². The van der Waals surface area contributed by atoms with Gasteiger partial charge in [0.15, 0.2) is 11.5 Å². The van der Waals surface area contributed by atoms with Crippen LogP contribution in [0.1, 0.15) is 0 Å². The molecule has 0 saturated heterocycles. The van der Waals surface area contributed by atoms with E-state index in [1.807, 2.05) is 24.3 Å².